The largest absolute Gasteiger partial charge is 0.336 e. The van der Waals surface area contributed by atoms with Crippen LogP contribution in [0.15, 0.2) is 0 Å². The summed E-state index contributed by atoms with van der Waals surface area (Å²) in [6.07, 6.45) is 5.52. The molecule has 1 N–H and O–H groups in total. The van der Waals surface area contributed by atoms with Crippen LogP contribution in [0.25, 0.3) is 0 Å². The molecule has 1 aliphatic rings. The Balaban J connectivity index is 1.91. The van der Waals surface area contributed by atoms with E-state index in [4.69, 9.17) is 0 Å². The van der Waals surface area contributed by atoms with Crippen molar-refractivity contribution >= 4 is 5.91 Å². The monoisotopic (exact) mass is 250 g/mol. The fourth-order valence-electron chi connectivity index (χ4n) is 2.52. The van der Waals surface area contributed by atoms with E-state index in [-0.39, 0.29) is 5.91 Å². The van der Waals surface area contributed by atoms with Crippen LogP contribution in [0.4, 0.5) is 0 Å². The van der Waals surface area contributed by atoms with Crippen molar-refractivity contribution in [2.24, 2.45) is 5.92 Å². The van der Waals surface area contributed by atoms with E-state index in [1.54, 1.807) is 0 Å². The Bertz CT molecular complexity index is 393. The number of rotatable bonds is 4. The van der Waals surface area contributed by atoms with Crippen LogP contribution in [0.2, 0.25) is 0 Å². The summed E-state index contributed by atoms with van der Waals surface area (Å²) in [5.41, 5.74) is 0. The lowest BCUT2D eigenvalue weighted by molar-refractivity contribution is 0.0674. The van der Waals surface area contributed by atoms with E-state index in [0.717, 1.165) is 44.1 Å². The third kappa shape index (κ3) is 2.89. The van der Waals surface area contributed by atoms with Gasteiger partial charge in [-0.15, -0.1) is 5.10 Å². The van der Waals surface area contributed by atoms with Gasteiger partial charge in [-0.05, 0) is 18.8 Å². The molecular formula is C13H22N4O. The zero-order valence-electron chi connectivity index (χ0n) is 11.3. The van der Waals surface area contributed by atoms with Gasteiger partial charge in [0.25, 0.3) is 5.91 Å². The fraction of sp³-hybridized carbons (Fsp3) is 0.769. The summed E-state index contributed by atoms with van der Waals surface area (Å²) in [5.74, 6) is 1.86. The zero-order valence-corrected chi connectivity index (χ0v) is 11.3. The highest BCUT2D eigenvalue weighted by Gasteiger charge is 2.25. The van der Waals surface area contributed by atoms with Crippen molar-refractivity contribution in [1.29, 1.82) is 0 Å². The quantitative estimate of drug-likeness (QED) is 0.889. The Hall–Kier alpha value is -1.39. The highest BCUT2D eigenvalue weighted by Crippen LogP contribution is 2.22. The van der Waals surface area contributed by atoms with Crippen LogP contribution >= 0.6 is 0 Å². The maximum Gasteiger partial charge on any atom is 0.293 e. The van der Waals surface area contributed by atoms with Gasteiger partial charge in [0.15, 0.2) is 0 Å². The lowest BCUT2D eigenvalue weighted by atomic mass is 9.92. The number of amides is 1. The maximum atomic E-state index is 12.2. The highest BCUT2D eigenvalue weighted by atomic mass is 16.2. The van der Waals surface area contributed by atoms with E-state index < -0.39 is 0 Å². The molecular weight excluding hydrogens is 228 g/mol. The van der Waals surface area contributed by atoms with Gasteiger partial charge in [0.05, 0.1) is 0 Å². The predicted octanol–water partition coefficient (Wildman–Crippen LogP) is 2.02. The van der Waals surface area contributed by atoms with E-state index in [1.807, 2.05) is 11.8 Å². The summed E-state index contributed by atoms with van der Waals surface area (Å²) in [4.78, 5) is 18.3. The average molecular weight is 250 g/mol. The van der Waals surface area contributed by atoms with Crippen LogP contribution in [-0.2, 0) is 6.42 Å². The summed E-state index contributed by atoms with van der Waals surface area (Å²) < 4.78 is 0. The molecule has 1 fully saturated rings. The van der Waals surface area contributed by atoms with Crippen LogP contribution in [0.5, 0.6) is 0 Å². The molecule has 0 bridgehead atoms. The summed E-state index contributed by atoms with van der Waals surface area (Å²) in [6, 6.07) is 0. The number of aromatic amines is 1. The normalized spacial score (nSPS) is 17.1. The topological polar surface area (TPSA) is 61.9 Å². The van der Waals surface area contributed by atoms with E-state index in [1.165, 1.54) is 12.8 Å². The number of aryl methyl sites for hydroxylation is 1. The number of carbonyl (C=O) groups excluding carboxylic acids is 1. The van der Waals surface area contributed by atoms with E-state index in [9.17, 15) is 4.79 Å². The Morgan fingerprint density at radius 2 is 2.11 bits per heavy atom. The predicted molar refractivity (Wildman–Crippen MR) is 69.3 cm³/mol. The van der Waals surface area contributed by atoms with Gasteiger partial charge >= 0.3 is 0 Å². The Morgan fingerprint density at radius 1 is 1.39 bits per heavy atom. The van der Waals surface area contributed by atoms with Gasteiger partial charge in [0, 0.05) is 19.5 Å². The molecule has 1 aliphatic heterocycles. The minimum absolute atomic E-state index is 0.0269. The summed E-state index contributed by atoms with van der Waals surface area (Å²) >= 11 is 0. The summed E-state index contributed by atoms with van der Waals surface area (Å²) in [5, 5.41) is 6.79. The van der Waals surface area contributed by atoms with Crippen molar-refractivity contribution < 1.29 is 4.79 Å². The van der Waals surface area contributed by atoms with Crippen LogP contribution in [-0.4, -0.2) is 39.1 Å². The molecule has 1 saturated heterocycles. The molecule has 1 aromatic rings. The first-order valence-electron chi connectivity index (χ1n) is 6.95. The minimum Gasteiger partial charge on any atom is -0.336 e. The molecule has 18 heavy (non-hydrogen) atoms. The number of nitrogens with zero attached hydrogens (tertiary/aromatic N) is 3. The van der Waals surface area contributed by atoms with Gasteiger partial charge in [-0.25, -0.2) is 4.98 Å². The molecule has 2 heterocycles. The molecule has 0 unspecified atom stereocenters. The zero-order chi connectivity index (χ0) is 13.0. The second-order valence-electron chi connectivity index (χ2n) is 4.98. The van der Waals surface area contributed by atoms with Crippen LogP contribution < -0.4 is 0 Å². The number of nitrogens with one attached hydrogen (secondary N) is 1. The number of aromatic nitrogens is 3. The van der Waals surface area contributed by atoms with Gasteiger partial charge < -0.3 is 4.90 Å². The van der Waals surface area contributed by atoms with E-state index in [0.29, 0.717) is 5.82 Å². The first kappa shape index (κ1) is 13.1. The van der Waals surface area contributed by atoms with Gasteiger partial charge in [-0.2, -0.15) is 0 Å². The number of hydrogen-bond donors (Lipinski definition) is 1. The Labute approximate surface area is 108 Å². The molecule has 1 aromatic heterocycles. The minimum atomic E-state index is -0.0269. The smallest absolute Gasteiger partial charge is 0.293 e. The number of likely N-dealkylation sites (tertiary alicyclic amines) is 1. The highest BCUT2D eigenvalue weighted by molar-refractivity contribution is 5.90. The fourth-order valence-corrected chi connectivity index (χ4v) is 2.52. The number of hydrogen-bond acceptors (Lipinski definition) is 3. The van der Waals surface area contributed by atoms with Crippen molar-refractivity contribution in [3.63, 3.8) is 0 Å². The van der Waals surface area contributed by atoms with Crippen LogP contribution in [0.3, 0.4) is 0 Å². The summed E-state index contributed by atoms with van der Waals surface area (Å²) in [6.45, 7) is 5.90. The van der Waals surface area contributed by atoms with Gasteiger partial charge in [-0.1, -0.05) is 26.7 Å². The van der Waals surface area contributed by atoms with Crippen molar-refractivity contribution in [2.75, 3.05) is 13.1 Å². The first-order chi connectivity index (χ1) is 8.74. The molecule has 5 heteroatoms. The lowest BCUT2D eigenvalue weighted by Gasteiger charge is -2.31. The molecule has 0 atom stereocenters. The molecule has 2 rings (SSSR count). The molecule has 0 aliphatic carbocycles. The second kappa shape index (κ2) is 5.98. The molecule has 0 saturated carbocycles. The number of carbonyl (C=O) groups is 1. The molecule has 5 nitrogen and oxygen atoms in total. The van der Waals surface area contributed by atoms with Gasteiger partial charge in [0.2, 0.25) is 5.82 Å². The Kier molecular flexibility index (Phi) is 4.33. The number of piperidine rings is 1. The third-order valence-electron chi connectivity index (χ3n) is 3.66. The third-order valence-corrected chi connectivity index (χ3v) is 3.66. The first-order valence-corrected chi connectivity index (χ1v) is 6.95. The molecule has 0 radical (unpaired) electrons. The molecule has 100 valence electrons. The molecule has 1 amide bonds. The van der Waals surface area contributed by atoms with Crippen molar-refractivity contribution in [3.05, 3.63) is 11.6 Å². The van der Waals surface area contributed by atoms with Crippen LogP contribution in [0, 0.1) is 5.92 Å². The molecule has 0 spiro atoms. The Morgan fingerprint density at radius 3 is 2.67 bits per heavy atom. The van der Waals surface area contributed by atoms with Crippen molar-refractivity contribution in [2.45, 2.75) is 46.0 Å². The standard InChI is InChI=1S/C13H22N4O/c1-3-5-10-6-8-17(9-7-10)13(18)12-14-11(4-2)15-16-12/h10H,3-9H2,1-2H3,(H,14,15,16). The maximum absolute atomic E-state index is 12.2. The lowest BCUT2D eigenvalue weighted by Crippen LogP contribution is -2.39. The van der Waals surface area contributed by atoms with Crippen molar-refractivity contribution in [3.8, 4) is 0 Å². The number of H-pyrrole nitrogens is 1. The molecule has 0 aromatic carbocycles. The van der Waals surface area contributed by atoms with Gasteiger partial charge in [0.1, 0.15) is 5.82 Å². The van der Waals surface area contributed by atoms with E-state index >= 15 is 0 Å². The summed E-state index contributed by atoms with van der Waals surface area (Å²) in [7, 11) is 0. The SMILES string of the molecule is CCCC1CCN(C(=O)c2n[nH]c(CC)n2)CC1. The van der Waals surface area contributed by atoms with Crippen molar-refractivity contribution in [1.82, 2.24) is 20.1 Å². The average Bonchev–Trinajstić information content (AvgIpc) is 2.88. The van der Waals surface area contributed by atoms with E-state index in [2.05, 4.69) is 22.1 Å². The van der Waals surface area contributed by atoms with Gasteiger partial charge in [-0.3, -0.25) is 9.89 Å². The van der Waals surface area contributed by atoms with Crippen LogP contribution in [0.1, 0.15) is 56.0 Å². The second-order valence-corrected chi connectivity index (χ2v) is 4.98.